The molecule has 1 aromatic carbocycles. The number of hydrogen-bond acceptors (Lipinski definition) is 3. The van der Waals surface area contributed by atoms with Crippen molar-refractivity contribution < 1.29 is 21.6 Å². The van der Waals surface area contributed by atoms with Crippen molar-refractivity contribution in [2.45, 2.75) is 42.5 Å². The van der Waals surface area contributed by atoms with Crippen LogP contribution in [0.5, 0.6) is 0 Å². The molecule has 1 aromatic rings. The molecule has 0 N–H and O–H groups in total. The highest BCUT2D eigenvalue weighted by Crippen LogP contribution is 2.40. The molecule has 0 unspecified atom stereocenters. The van der Waals surface area contributed by atoms with E-state index >= 15 is 0 Å². The second-order valence-corrected chi connectivity index (χ2v) is 8.01. The second-order valence-electron chi connectivity index (χ2n) is 5.72. The molecule has 0 radical (unpaired) electrons. The van der Waals surface area contributed by atoms with E-state index in [0.29, 0.717) is 5.56 Å². The molecule has 0 aromatic heterocycles. The first-order valence-corrected chi connectivity index (χ1v) is 9.36. The summed E-state index contributed by atoms with van der Waals surface area (Å²) in [6.45, 7) is 4.76. The molecule has 0 aliphatic carbocycles. The molecule has 0 spiro atoms. The number of piperidine rings is 1. The van der Waals surface area contributed by atoms with Crippen LogP contribution in [0.2, 0.25) is 5.02 Å². The van der Waals surface area contributed by atoms with Gasteiger partial charge in [-0.2, -0.15) is 13.2 Å². The predicted octanol–water partition coefficient (Wildman–Crippen LogP) is 4.22. The molecule has 1 aliphatic heterocycles. The minimum absolute atomic E-state index is 0.0148. The Morgan fingerprint density at radius 3 is 2.39 bits per heavy atom. The summed E-state index contributed by atoms with van der Waals surface area (Å²) in [4.78, 5) is 1.45. The van der Waals surface area contributed by atoms with E-state index in [4.69, 9.17) is 11.6 Å². The normalized spacial score (nSPS) is 18.3. The van der Waals surface area contributed by atoms with Gasteiger partial charge in [-0.3, -0.25) is 0 Å². The molecule has 1 heterocycles. The Morgan fingerprint density at radius 2 is 1.87 bits per heavy atom. The number of halogens is 4. The summed E-state index contributed by atoms with van der Waals surface area (Å²) < 4.78 is 61.5. The lowest BCUT2D eigenvalue weighted by atomic mass is 9.89. The van der Waals surface area contributed by atoms with Gasteiger partial charge in [0.25, 0.3) is 9.84 Å². The number of nitrogens with zero attached hydrogens (tertiary/aromatic N) is 1. The van der Waals surface area contributed by atoms with Gasteiger partial charge in [-0.15, -0.1) is 0 Å². The SMILES string of the molecule is CCCN1CCC(c2cccc(S(=O)(=O)C(F)(F)F)c2Cl)CC1. The Bertz CT molecular complexity index is 653. The van der Waals surface area contributed by atoms with Crippen molar-refractivity contribution in [2.24, 2.45) is 0 Å². The van der Waals surface area contributed by atoms with Crippen molar-refractivity contribution in [3.05, 3.63) is 28.8 Å². The van der Waals surface area contributed by atoms with Crippen molar-refractivity contribution in [1.82, 2.24) is 4.90 Å². The Kier molecular flexibility index (Phi) is 5.63. The molecule has 0 saturated carbocycles. The molecule has 3 nitrogen and oxygen atoms in total. The van der Waals surface area contributed by atoms with Crippen molar-refractivity contribution >= 4 is 21.4 Å². The molecule has 2 rings (SSSR count). The quantitative estimate of drug-likeness (QED) is 0.797. The predicted molar refractivity (Wildman–Crippen MR) is 83.4 cm³/mol. The molecule has 8 heteroatoms. The maximum Gasteiger partial charge on any atom is 0.501 e. The molecule has 0 amide bonds. The number of rotatable bonds is 4. The van der Waals surface area contributed by atoms with Crippen LogP contribution < -0.4 is 0 Å². The molecule has 130 valence electrons. The smallest absolute Gasteiger partial charge is 0.303 e. The number of benzene rings is 1. The van der Waals surface area contributed by atoms with Gasteiger partial charge in [-0.25, -0.2) is 8.42 Å². The van der Waals surface area contributed by atoms with E-state index in [9.17, 15) is 21.6 Å². The van der Waals surface area contributed by atoms with Crippen LogP contribution in [0.4, 0.5) is 13.2 Å². The van der Waals surface area contributed by atoms with Crippen molar-refractivity contribution in [3.8, 4) is 0 Å². The molecule has 1 saturated heterocycles. The minimum atomic E-state index is -5.43. The summed E-state index contributed by atoms with van der Waals surface area (Å²) in [5.74, 6) is -0.0148. The zero-order chi connectivity index (χ0) is 17.3. The highest BCUT2D eigenvalue weighted by Gasteiger charge is 2.48. The van der Waals surface area contributed by atoms with Crippen LogP contribution in [0, 0.1) is 0 Å². The Hall–Kier alpha value is -0.790. The average Bonchev–Trinajstić information content (AvgIpc) is 2.47. The fraction of sp³-hybridized carbons (Fsp3) is 0.600. The van der Waals surface area contributed by atoms with Gasteiger partial charge in [0.05, 0.1) is 9.92 Å². The van der Waals surface area contributed by atoms with Crippen LogP contribution in [0.15, 0.2) is 23.1 Å². The van der Waals surface area contributed by atoms with Crippen molar-refractivity contribution in [2.75, 3.05) is 19.6 Å². The van der Waals surface area contributed by atoms with E-state index in [-0.39, 0.29) is 10.9 Å². The van der Waals surface area contributed by atoms with Crippen LogP contribution in [0.1, 0.15) is 37.7 Å². The van der Waals surface area contributed by atoms with E-state index in [1.54, 1.807) is 6.07 Å². The summed E-state index contributed by atoms with van der Waals surface area (Å²) in [6.07, 6.45) is 2.56. The first kappa shape index (κ1) is 18.5. The van der Waals surface area contributed by atoms with Crippen LogP contribution >= 0.6 is 11.6 Å². The minimum Gasteiger partial charge on any atom is -0.303 e. The van der Waals surface area contributed by atoms with E-state index < -0.39 is 20.2 Å². The number of likely N-dealkylation sites (tertiary alicyclic amines) is 1. The molecular weight excluding hydrogens is 351 g/mol. The number of alkyl halides is 3. The lowest BCUT2D eigenvalue weighted by molar-refractivity contribution is -0.0436. The highest BCUT2D eigenvalue weighted by atomic mass is 35.5. The Balaban J connectivity index is 2.28. The van der Waals surface area contributed by atoms with Gasteiger partial charge in [-0.05, 0) is 56.4 Å². The summed E-state index contributed by atoms with van der Waals surface area (Å²) in [7, 11) is -5.43. The zero-order valence-corrected chi connectivity index (χ0v) is 14.3. The lowest BCUT2D eigenvalue weighted by Gasteiger charge is -2.32. The van der Waals surface area contributed by atoms with Crippen LogP contribution in [0.3, 0.4) is 0 Å². The van der Waals surface area contributed by atoms with Gasteiger partial charge in [-0.1, -0.05) is 30.7 Å². The molecule has 0 atom stereocenters. The van der Waals surface area contributed by atoms with Gasteiger partial charge in [0.2, 0.25) is 0 Å². The maximum atomic E-state index is 12.8. The van der Waals surface area contributed by atoms with Crippen molar-refractivity contribution in [1.29, 1.82) is 0 Å². The van der Waals surface area contributed by atoms with Crippen molar-refractivity contribution in [3.63, 3.8) is 0 Å². The van der Waals surface area contributed by atoms with E-state index in [0.717, 1.165) is 45.0 Å². The highest BCUT2D eigenvalue weighted by molar-refractivity contribution is 7.92. The average molecular weight is 370 g/mol. The van der Waals surface area contributed by atoms with Crippen LogP contribution in [0.25, 0.3) is 0 Å². The number of sulfone groups is 1. The largest absolute Gasteiger partial charge is 0.501 e. The zero-order valence-electron chi connectivity index (χ0n) is 12.7. The van der Waals surface area contributed by atoms with Gasteiger partial charge >= 0.3 is 5.51 Å². The monoisotopic (exact) mass is 369 g/mol. The maximum absolute atomic E-state index is 12.8. The van der Waals surface area contributed by atoms with E-state index in [2.05, 4.69) is 11.8 Å². The van der Waals surface area contributed by atoms with Gasteiger partial charge in [0.1, 0.15) is 0 Å². The van der Waals surface area contributed by atoms with E-state index in [1.807, 2.05) is 0 Å². The van der Waals surface area contributed by atoms with Gasteiger partial charge in [0, 0.05) is 0 Å². The molecule has 0 bridgehead atoms. The summed E-state index contributed by atoms with van der Waals surface area (Å²) in [5.41, 5.74) is -4.85. The molecule has 23 heavy (non-hydrogen) atoms. The fourth-order valence-corrected chi connectivity index (χ4v) is 4.40. The molecule has 1 fully saturated rings. The topological polar surface area (TPSA) is 37.4 Å². The number of hydrogen-bond donors (Lipinski definition) is 0. The van der Waals surface area contributed by atoms with Gasteiger partial charge in [0.15, 0.2) is 0 Å². The van der Waals surface area contributed by atoms with Gasteiger partial charge < -0.3 is 4.90 Å². The second kappa shape index (κ2) is 6.99. The Labute approximate surface area is 139 Å². The van der Waals surface area contributed by atoms with Crippen LogP contribution in [-0.4, -0.2) is 38.5 Å². The standard InChI is InChI=1S/C15H19ClF3NO2S/c1-2-8-20-9-6-11(7-10-20)12-4-3-5-13(14(12)16)23(21,22)15(17,18)19/h3-5,11H,2,6-10H2,1H3. The summed E-state index contributed by atoms with van der Waals surface area (Å²) in [5, 5.41) is -0.293. The van der Waals surface area contributed by atoms with E-state index in [1.165, 1.54) is 6.07 Å². The third-order valence-electron chi connectivity index (χ3n) is 4.15. The molecular formula is C15H19ClF3NO2S. The first-order chi connectivity index (χ1) is 10.7. The van der Waals surface area contributed by atoms with Crippen LogP contribution in [-0.2, 0) is 9.84 Å². The molecule has 1 aliphatic rings. The third-order valence-corrected chi connectivity index (χ3v) is 6.22. The summed E-state index contributed by atoms with van der Waals surface area (Å²) >= 11 is 6.04. The Morgan fingerprint density at radius 1 is 1.26 bits per heavy atom. The third kappa shape index (κ3) is 3.83. The lowest BCUT2D eigenvalue weighted by Crippen LogP contribution is -2.33. The fourth-order valence-electron chi connectivity index (χ4n) is 2.96. The summed E-state index contributed by atoms with van der Waals surface area (Å²) in [6, 6.07) is 3.87. The first-order valence-electron chi connectivity index (χ1n) is 7.50.